The highest BCUT2D eigenvalue weighted by molar-refractivity contribution is 7.98. The van der Waals surface area contributed by atoms with Crippen LogP contribution in [0.1, 0.15) is 27.4 Å². The highest BCUT2D eigenvalue weighted by Crippen LogP contribution is 2.31. The van der Waals surface area contributed by atoms with E-state index in [1.165, 1.54) is 7.11 Å². The molecular formula is C15H17NO3S. The Morgan fingerprint density at radius 3 is 2.85 bits per heavy atom. The van der Waals surface area contributed by atoms with E-state index in [0.29, 0.717) is 17.1 Å². The summed E-state index contributed by atoms with van der Waals surface area (Å²) in [5.41, 5.74) is 8.34. The second-order valence-electron chi connectivity index (χ2n) is 4.45. The number of aryl methyl sites for hydroxylation is 2. The van der Waals surface area contributed by atoms with E-state index in [0.717, 1.165) is 21.9 Å². The van der Waals surface area contributed by atoms with Crippen LogP contribution in [0.5, 0.6) is 0 Å². The Morgan fingerprint density at radius 1 is 1.40 bits per heavy atom. The number of carbonyl (C=O) groups excluding carboxylic acids is 1. The Hall–Kier alpha value is -1.88. The summed E-state index contributed by atoms with van der Waals surface area (Å²) < 4.78 is 10.3. The zero-order valence-electron chi connectivity index (χ0n) is 11.7. The molecule has 0 aliphatic carbocycles. The van der Waals surface area contributed by atoms with Gasteiger partial charge in [0.25, 0.3) is 0 Å². The highest BCUT2D eigenvalue weighted by atomic mass is 32.2. The Morgan fingerprint density at radius 2 is 2.15 bits per heavy atom. The molecule has 1 aromatic carbocycles. The molecule has 106 valence electrons. The predicted molar refractivity (Wildman–Crippen MR) is 79.9 cm³/mol. The van der Waals surface area contributed by atoms with E-state index >= 15 is 0 Å². The minimum Gasteiger partial charge on any atom is -0.465 e. The average Bonchev–Trinajstić information content (AvgIpc) is 2.81. The van der Waals surface area contributed by atoms with Gasteiger partial charge in [-0.2, -0.15) is 0 Å². The van der Waals surface area contributed by atoms with Crippen molar-refractivity contribution in [2.75, 3.05) is 12.8 Å². The molecule has 0 saturated heterocycles. The van der Waals surface area contributed by atoms with E-state index in [-0.39, 0.29) is 5.97 Å². The molecule has 1 aromatic heterocycles. The van der Waals surface area contributed by atoms with Gasteiger partial charge in [0.2, 0.25) is 0 Å². The summed E-state index contributed by atoms with van der Waals surface area (Å²) in [6.45, 7) is 3.73. The van der Waals surface area contributed by atoms with Gasteiger partial charge >= 0.3 is 5.97 Å². The van der Waals surface area contributed by atoms with Crippen LogP contribution in [0.25, 0.3) is 0 Å². The van der Waals surface area contributed by atoms with Crippen molar-refractivity contribution in [3.8, 4) is 0 Å². The van der Waals surface area contributed by atoms with E-state index in [9.17, 15) is 4.79 Å². The lowest BCUT2D eigenvalue weighted by Gasteiger charge is -2.06. The van der Waals surface area contributed by atoms with Crippen LogP contribution < -0.4 is 5.73 Å². The molecule has 2 aromatic rings. The quantitative estimate of drug-likeness (QED) is 0.530. The molecule has 0 atom stereocenters. The number of nitrogen functional groups attached to an aromatic ring is 1. The van der Waals surface area contributed by atoms with Crippen LogP contribution in [-0.4, -0.2) is 13.1 Å². The number of carbonyl (C=O) groups is 1. The zero-order valence-corrected chi connectivity index (χ0v) is 12.5. The van der Waals surface area contributed by atoms with Gasteiger partial charge in [-0.05, 0) is 31.5 Å². The van der Waals surface area contributed by atoms with Gasteiger partial charge in [-0.1, -0.05) is 12.1 Å². The van der Waals surface area contributed by atoms with Crippen molar-refractivity contribution in [2.45, 2.75) is 24.5 Å². The molecule has 20 heavy (non-hydrogen) atoms. The highest BCUT2D eigenvalue weighted by Gasteiger charge is 2.15. The summed E-state index contributed by atoms with van der Waals surface area (Å²) in [7, 11) is 1.36. The van der Waals surface area contributed by atoms with Crippen LogP contribution in [0.3, 0.4) is 0 Å². The zero-order chi connectivity index (χ0) is 14.7. The molecule has 0 spiro atoms. The van der Waals surface area contributed by atoms with Crippen LogP contribution >= 0.6 is 11.8 Å². The van der Waals surface area contributed by atoms with Gasteiger partial charge in [-0.25, -0.2) is 4.79 Å². The lowest BCUT2D eigenvalue weighted by Crippen LogP contribution is -2.00. The van der Waals surface area contributed by atoms with Crippen molar-refractivity contribution in [1.82, 2.24) is 0 Å². The number of furan rings is 1. The molecule has 2 rings (SSSR count). The predicted octanol–water partition coefficient (Wildman–Crippen LogP) is 3.56. The fraction of sp³-hybridized carbons (Fsp3) is 0.267. The van der Waals surface area contributed by atoms with Crippen LogP contribution in [0, 0.1) is 13.8 Å². The number of esters is 1. The van der Waals surface area contributed by atoms with E-state index in [1.54, 1.807) is 24.8 Å². The lowest BCUT2D eigenvalue weighted by atomic mass is 10.2. The first-order valence-electron chi connectivity index (χ1n) is 6.18. The smallest absolute Gasteiger partial charge is 0.341 e. The SMILES string of the molecule is COC(=O)c1cc(CSc2cccc(C)c2N)oc1C. The number of benzene rings is 1. The van der Waals surface area contributed by atoms with Gasteiger partial charge in [-0.3, -0.25) is 0 Å². The number of nitrogens with two attached hydrogens (primary N) is 1. The fourth-order valence-electron chi connectivity index (χ4n) is 1.86. The first kappa shape index (κ1) is 14.5. The molecule has 0 aliphatic rings. The normalized spacial score (nSPS) is 10.6. The maximum Gasteiger partial charge on any atom is 0.341 e. The Bertz CT molecular complexity index is 634. The Balaban J connectivity index is 2.12. The van der Waals surface area contributed by atoms with Gasteiger partial charge in [0.15, 0.2) is 0 Å². The van der Waals surface area contributed by atoms with Crippen molar-refractivity contribution >= 4 is 23.4 Å². The molecule has 0 aliphatic heterocycles. The van der Waals surface area contributed by atoms with E-state index in [2.05, 4.69) is 0 Å². The van der Waals surface area contributed by atoms with Gasteiger partial charge in [0, 0.05) is 10.6 Å². The molecule has 0 saturated carbocycles. The second-order valence-corrected chi connectivity index (χ2v) is 5.47. The Labute approximate surface area is 122 Å². The number of hydrogen-bond donors (Lipinski definition) is 1. The molecule has 0 fully saturated rings. The van der Waals surface area contributed by atoms with Crippen molar-refractivity contribution < 1.29 is 13.9 Å². The van der Waals surface area contributed by atoms with E-state index < -0.39 is 0 Å². The van der Waals surface area contributed by atoms with Gasteiger partial charge in [0.05, 0.1) is 12.9 Å². The third-order valence-electron chi connectivity index (χ3n) is 3.03. The maximum atomic E-state index is 11.5. The standard InChI is InChI=1S/C15H17NO3S/c1-9-5-4-6-13(14(9)16)20-8-11-7-12(10(2)19-11)15(17)18-3/h4-7H,8,16H2,1-3H3. The summed E-state index contributed by atoms with van der Waals surface area (Å²) in [5.74, 6) is 1.54. The largest absolute Gasteiger partial charge is 0.465 e. The van der Waals surface area contributed by atoms with Crippen molar-refractivity contribution in [1.29, 1.82) is 0 Å². The van der Waals surface area contributed by atoms with Gasteiger partial charge in [-0.15, -0.1) is 11.8 Å². The van der Waals surface area contributed by atoms with Crippen molar-refractivity contribution in [3.63, 3.8) is 0 Å². The molecule has 2 N–H and O–H groups in total. The molecule has 0 radical (unpaired) electrons. The van der Waals surface area contributed by atoms with Crippen LogP contribution in [0.4, 0.5) is 5.69 Å². The fourth-order valence-corrected chi connectivity index (χ4v) is 2.79. The van der Waals surface area contributed by atoms with Crippen molar-refractivity contribution in [2.24, 2.45) is 0 Å². The number of rotatable bonds is 4. The summed E-state index contributed by atoms with van der Waals surface area (Å²) in [6, 6.07) is 7.65. The molecule has 0 bridgehead atoms. The number of ether oxygens (including phenoxy) is 1. The lowest BCUT2D eigenvalue weighted by molar-refractivity contribution is 0.0599. The summed E-state index contributed by atoms with van der Waals surface area (Å²) >= 11 is 1.58. The number of thioether (sulfide) groups is 1. The topological polar surface area (TPSA) is 65.5 Å². The van der Waals surface area contributed by atoms with Crippen LogP contribution in [0.2, 0.25) is 0 Å². The molecule has 5 heteroatoms. The third kappa shape index (κ3) is 2.99. The van der Waals surface area contributed by atoms with Gasteiger partial charge in [0.1, 0.15) is 17.1 Å². The number of methoxy groups -OCH3 is 1. The summed E-state index contributed by atoms with van der Waals surface area (Å²) in [5, 5.41) is 0. The minimum atomic E-state index is -0.377. The van der Waals surface area contributed by atoms with Crippen LogP contribution in [-0.2, 0) is 10.5 Å². The third-order valence-corrected chi connectivity index (χ3v) is 4.12. The first-order valence-corrected chi connectivity index (χ1v) is 7.17. The molecular weight excluding hydrogens is 274 g/mol. The number of para-hydroxylation sites is 1. The molecule has 0 amide bonds. The van der Waals surface area contributed by atoms with E-state index in [4.69, 9.17) is 14.9 Å². The minimum absolute atomic E-state index is 0.377. The molecule has 0 unspecified atom stereocenters. The van der Waals surface area contributed by atoms with Crippen LogP contribution in [0.15, 0.2) is 33.6 Å². The van der Waals surface area contributed by atoms with Gasteiger partial charge < -0.3 is 14.9 Å². The number of hydrogen-bond acceptors (Lipinski definition) is 5. The maximum absolute atomic E-state index is 11.5. The van der Waals surface area contributed by atoms with Crippen molar-refractivity contribution in [3.05, 3.63) is 46.9 Å². The second kappa shape index (κ2) is 6.05. The van der Waals surface area contributed by atoms with E-state index in [1.807, 2.05) is 25.1 Å². The summed E-state index contributed by atoms with van der Waals surface area (Å²) in [4.78, 5) is 12.5. The first-order chi connectivity index (χ1) is 9.52. The molecule has 4 nitrogen and oxygen atoms in total. The average molecular weight is 291 g/mol. The number of anilines is 1. The molecule has 1 heterocycles. The summed E-state index contributed by atoms with van der Waals surface area (Å²) in [6.07, 6.45) is 0. The Kier molecular flexibility index (Phi) is 4.39. The monoisotopic (exact) mass is 291 g/mol.